The zero-order valence-electron chi connectivity index (χ0n) is 15.1. The molecule has 140 valence electrons. The van der Waals surface area contributed by atoms with Crippen LogP contribution in [0.4, 0.5) is 5.69 Å². The van der Waals surface area contributed by atoms with Gasteiger partial charge in [0.25, 0.3) is 5.91 Å². The lowest BCUT2D eigenvalue weighted by molar-refractivity contribution is -0.684. The second-order valence-corrected chi connectivity index (χ2v) is 7.79. The van der Waals surface area contributed by atoms with E-state index >= 15 is 0 Å². The Balaban J connectivity index is 2.23. The number of anilines is 1. The van der Waals surface area contributed by atoms with E-state index in [0.717, 1.165) is 5.56 Å². The molecule has 0 atom stereocenters. The molecule has 0 fully saturated rings. The highest BCUT2D eigenvalue weighted by atomic mass is 32.2. The van der Waals surface area contributed by atoms with E-state index in [1.165, 1.54) is 27.2 Å². The van der Waals surface area contributed by atoms with Crippen molar-refractivity contribution in [2.45, 2.75) is 32.2 Å². The summed E-state index contributed by atoms with van der Waals surface area (Å²) in [5, 5.41) is 12.2. The second-order valence-electron chi connectivity index (χ2n) is 5.85. The fraction of sp³-hybridized carbons (Fsp3) is 0.333. The Hall–Kier alpha value is -2.45. The molecule has 26 heavy (non-hydrogen) atoms. The molecule has 0 saturated carbocycles. The molecule has 1 aromatic carbocycles. The van der Waals surface area contributed by atoms with Crippen LogP contribution in [0, 0.1) is 6.92 Å². The maximum absolute atomic E-state index is 12.7. The zero-order valence-corrected chi connectivity index (χ0v) is 16.0. The lowest BCUT2D eigenvalue weighted by Gasteiger charge is -2.19. The Bertz CT molecular complexity index is 893. The fourth-order valence-corrected chi connectivity index (χ4v) is 4.06. The zero-order chi connectivity index (χ0) is 19.3. The lowest BCUT2D eigenvalue weighted by atomic mass is 10.2. The molecule has 2 aromatic rings. The van der Waals surface area contributed by atoms with Crippen molar-refractivity contribution >= 4 is 21.6 Å². The highest BCUT2D eigenvalue weighted by Gasteiger charge is 2.22. The minimum atomic E-state index is -3.60. The number of sulfonamides is 1. The smallest absolute Gasteiger partial charge is 0.290 e. The van der Waals surface area contributed by atoms with Gasteiger partial charge in [-0.3, -0.25) is 4.79 Å². The molecule has 1 heterocycles. The monoisotopic (exact) mass is 378 g/mol. The number of nitrogens with one attached hydrogen (secondary N) is 1. The Morgan fingerprint density at radius 3 is 2.54 bits per heavy atom. The first-order valence-corrected chi connectivity index (χ1v) is 9.80. The number of carbonyl (C=O) groups is 1. The summed E-state index contributed by atoms with van der Waals surface area (Å²) in [6, 6.07) is 7.84. The van der Waals surface area contributed by atoms with E-state index in [9.17, 15) is 18.3 Å². The van der Waals surface area contributed by atoms with Crippen molar-refractivity contribution < 1.29 is 22.9 Å². The molecule has 2 rings (SSSR count). The summed E-state index contributed by atoms with van der Waals surface area (Å²) >= 11 is 0. The minimum absolute atomic E-state index is 0.000856. The van der Waals surface area contributed by atoms with Crippen molar-refractivity contribution in [2.24, 2.45) is 0 Å². The van der Waals surface area contributed by atoms with Crippen molar-refractivity contribution in [3.05, 3.63) is 48.3 Å². The summed E-state index contributed by atoms with van der Waals surface area (Å²) < 4.78 is 28.2. The summed E-state index contributed by atoms with van der Waals surface area (Å²) in [4.78, 5) is 12.4. The predicted molar refractivity (Wildman–Crippen MR) is 98.2 cm³/mol. The molecule has 1 aromatic heterocycles. The summed E-state index contributed by atoms with van der Waals surface area (Å²) in [7, 11) is -3.60. The number of hydrogen-bond donors (Lipinski definition) is 2. The van der Waals surface area contributed by atoms with Crippen LogP contribution in [0.15, 0.2) is 47.6 Å². The standard InChI is InChI=1S/C18H23N3O4S/c1-4-21(5-2)26(24,25)16-9-8-14(3)17(11-16)19-18(23)13-20-10-6-7-15(22)12-20/h6-12H,4-5,13H2,1-3H3,(H-,19,22,23)/p+1. The summed E-state index contributed by atoms with van der Waals surface area (Å²) in [5.41, 5.74) is 1.21. The van der Waals surface area contributed by atoms with Crippen molar-refractivity contribution in [1.29, 1.82) is 0 Å². The molecule has 0 unspecified atom stereocenters. The van der Waals surface area contributed by atoms with Gasteiger partial charge in [0.1, 0.15) is 0 Å². The van der Waals surface area contributed by atoms with Crippen LogP contribution in [0.2, 0.25) is 0 Å². The van der Waals surface area contributed by atoms with Crippen LogP contribution in [0.25, 0.3) is 0 Å². The average molecular weight is 378 g/mol. The van der Waals surface area contributed by atoms with Crippen LogP contribution in [-0.2, 0) is 21.4 Å². The maximum Gasteiger partial charge on any atom is 0.290 e. The lowest BCUT2D eigenvalue weighted by Crippen LogP contribution is -2.39. The summed E-state index contributed by atoms with van der Waals surface area (Å²) in [6.45, 7) is 6.12. The van der Waals surface area contributed by atoms with E-state index < -0.39 is 10.0 Å². The van der Waals surface area contributed by atoms with E-state index in [4.69, 9.17) is 0 Å². The number of aromatic nitrogens is 1. The van der Waals surface area contributed by atoms with E-state index in [-0.39, 0.29) is 23.1 Å². The van der Waals surface area contributed by atoms with E-state index in [1.54, 1.807) is 45.2 Å². The molecule has 0 aliphatic heterocycles. The number of amides is 1. The number of aromatic hydroxyl groups is 1. The summed E-state index contributed by atoms with van der Waals surface area (Å²) in [6.07, 6.45) is 3.10. The second kappa shape index (κ2) is 8.29. The first-order chi connectivity index (χ1) is 12.3. The van der Waals surface area contributed by atoms with E-state index in [2.05, 4.69) is 5.32 Å². The van der Waals surface area contributed by atoms with Crippen LogP contribution >= 0.6 is 0 Å². The number of rotatable bonds is 7. The van der Waals surface area contributed by atoms with Gasteiger partial charge in [0.05, 0.1) is 4.90 Å². The molecular weight excluding hydrogens is 354 g/mol. The normalized spacial score (nSPS) is 11.5. The number of aryl methyl sites for hydroxylation is 1. The van der Waals surface area contributed by atoms with Crippen LogP contribution in [0.5, 0.6) is 5.75 Å². The van der Waals surface area contributed by atoms with Crippen molar-refractivity contribution in [3.63, 3.8) is 0 Å². The number of pyridine rings is 1. The topological polar surface area (TPSA) is 90.6 Å². The first-order valence-electron chi connectivity index (χ1n) is 8.36. The van der Waals surface area contributed by atoms with Gasteiger partial charge in [-0.15, -0.1) is 0 Å². The van der Waals surface area contributed by atoms with Gasteiger partial charge in [-0.2, -0.15) is 8.87 Å². The van der Waals surface area contributed by atoms with Crippen molar-refractivity contribution in [1.82, 2.24) is 4.31 Å². The molecule has 0 spiro atoms. The highest BCUT2D eigenvalue weighted by Crippen LogP contribution is 2.23. The number of carbonyl (C=O) groups excluding carboxylic acids is 1. The van der Waals surface area contributed by atoms with E-state index in [1.807, 2.05) is 0 Å². The Kier molecular flexibility index (Phi) is 6.33. The Morgan fingerprint density at radius 1 is 1.23 bits per heavy atom. The van der Waals surface area contributed by atoms with Gasteiger partial charge >= 0.3 is 0 Å². The van der Waals surface area contributed by atoms with Gasteiger partial charge < -0.3 is 10.4 Å². The van der Waals surface area contributed by atoms with Gasteiger partial charge in [-0.25, -0.2) is 8.42 Å². The fourth-order valence-electron chi connectivity index (χ4n) is 2.57. The third-order valence-electron chi connectivity index (χ3n) is 4.00. The molecule has 8 heteroatoms. The molecule has 0 bridgehead atoms. The largest absolute Gasteiger partial charge is 0.503 e. The number of hydrogen-bond acceptors (Lipinski definition) is 4. The van der Waals surface area contributed by atoms with Gasteiger partial charge in [0.2, 0.25) is 22.8 Å². The Morgan fingerprint density at radius 2 is 1.92 bits per heavy atom. The number of nitrogens with zero attached hydrogens (tertiary/aromatic N) is 2. The summed E-state index contributed by atoms with van der Waals surface area (Å²) in [5.74, 6) is -0.259. The van der Waals surface area contributed by atoms with Crippen LogP contribution < -0.4 is 9.88 Å². The minimum Gasteiger partial charge on any atom is -0.503 e. The van der Waals surface area contributed by atoms with Crippen molar-refractivity contribution in [3.8, 4) is 5.75 Å². The molecule has 1 amide bonds. The third-order valence-corrected chi connectivity index (χ3v) is 6.04. The van der Waals surface area contributed by atoms with Crippen molar-refractivity contribution in [2.75, 3.05) is 18.4 Å². The molecule has 0 aliphatic carbocycles. The number of benzene rings is 1. The SMILES string of the molecule is CCN(CC)S(=O)(=O)c1ccc(C)c(NC(=O)C[n+]2cccc(O)c2)c1. The molecule has 0 radical (unpaired) electrons. The Labute approximate surface area is 153 Å². The quantitative estimate of drug-likeness (QED) is 0.717. The molecule has 0 aliphatic rings. The molecular formula is C18H24N3O4S+. The predicted octanol–water partition coefficient (Wildman–Crippen LogP) is 1.66. The van der Waals surface area contributed by atoms with Gasteiger partial charge in [-0.05, 0) is 30.7 Å². The van der Waals surface area contributed by atoms with Gasteiger partial charge in [0.15, 0.2) is 11.9 Å². The van der Waals surface area contributed by atoms with Gasteiger partial charge in [-0.1, -0.05) is 19.9 Å². The maximum atomic E-state index is 12.7. The third kappa shape index (κ3) is 4.59. The van der Waals surface area contributed by atoms with E-state index in [0.29, 0.717) is 18.8 Å². The molecule has 7 nitrogen and oxygen atoms in total. The van der Waals surface area contributed by atoms with Crippen LogP contribution in [-0.4, -0.2) is 36.8 Å². The van der Waals surface area contributed by atoms with Crippen LogP contribution in [0.1, 0.15) is 19.4 Å². The van der Waals surface area contributed by atoms with Crippen LogP contribution in [0.3, 0.4) is 0 Å². The average Bonchev–Trinajstić information content (AvgIpc) is 2.57. The molecule has 2 N–H and O–H groups in total. The first kappa shape index (κ1) is 19.9. The molecule has 0 saturated heterocycles. The van der Waals surface area contributed by atoms with Gasteiger partial charge in [0, 0.05) is 24.8 Å². The highest BCUT2D eigenvalue weighted by molar-refractivity contribution is 7.89.